The molecule has 2 aromatic rings. The number of ether oxygens (including phenoxy) is 1. The van der Waals surface area contributed by atoms with E-state index >= 15 is 0 Å². The number of thiophene rings is 1. The fourth-order valence-electron chi connectivity index (χ4n) is 1.37. The molecule has 0 radical (unpaired) electrons. The Balaban J connectivity index is 2.71. The second kappa shape index (κ2) is 4.09. The van der Waals surface area contributed by atoms with Crippen LogP contribution in [-0.4, -0.2) is 7.11 Å². The molecule has 0 saturated carbocycles. The van der Waals surface area contributed by atoms with E-state index in [0.29, 0.717) is 5.88 Å². The fraction of sp³-hybridized carbons (Fsp3) is 0.200. The van der Waals surface area contributed by atoms with E-state index in [-0.39, 0.29) is 0 Å². The summed E-state index contributed by atoms with van der Waals surface area (Å²) in [5.41, 5.74) is 1.11. The molecule has 0 atom stereocenters. The van der Waals surface area contributed by atoms with Crippen molar-refractivity contribution in [2.75, 3.05) is 7.11 Å². The highest BCUT2D eigenvalue weighted by atomic mass is 79.9. The average molecular weight is 292 g/mol. The number of hydrogen-bond donors (Lipinski definition) is 0. The maximum Gasteiger partial charge on any atom is 0.151 e. The topological polar surface area (TPSA) is 9.23 Å². The Labute approximate surface area is 99.8 Å². The van der Waals surface area contributed by atoms with Gasteiger partial charge in [0.2, 0.25) is 0 Å². The molecule has 0 bridgehead atoms. The molecule has 0 aliphatic rings. The second-order valence-corrected chi connectivity index (χ2v) is 5.51. The molecule has 4 heteroatoms. The summed E-state index contributed by atoms with van der Waals surface area (Å²) in [6.45, 7) is 0. The average Bonchev–Trinajstić information content (AvgIpc) is 2.52. The minimum absolute atomic E-state index is 0.534. The molecule has 0 aliphatic heterocycles. The quantitative estimate of drug-likeness (QED) is 0.745. The van der Waals surface area contributed by atoms with E-state index in [1.54, 1.807) is 18.4 Å². The first-order valence-electron chi connectivity index (χ1n) is 4.07. The van der Waals surface area contributed by atoms with Crippen molar-refractivity contribution in [2.24, 2.45) is 0 Å². The highest BCUT2D eigenvalue weighted by Crippen LogP contribution is 2.41. The van der Waals surface area contributed by atoms with Gasteiger partial charge in [-0.25, -0.2) is 0 Å². The van der Waals surface area contributed by atoms with Crippen LogP contribution in [0.4, 0.5) is 0 Å². The van der Waals surface area contributed by atoms with Crippen molar-refractivity contribution in [2.45, 2.75) is 5.88 Å². The summed E-state index contributed by atoms with van der Waals surface area (Å²) in [7, 11) is 1.68. The molecule has 0 unspecified atom stereocenters. The van der Waals surface area contributed by atoms with Gasteiger partial charge in [0.15, 0.2) is 5.75 Å². The van der Waals surface area contributed by atoms with Crippen molar-refractivity contribution in [1.29, 1.82) is 0 Å². The summed E-state index contributed by atoms with van der Waals surface area (Å²) in [5, 5.41) is 1.13. The largest absolute Gasteiger partial charge is 0.494 e. The van der Waals surface area contributed by atoms with Crippen molar-refractivity contribution in [3.63, 3.8) is 0 Å². The lowest BCUT2D eigenvalue weighted by atomic mass is 10.2. The predicted octanol–water partition coefficient (Wildman–Crippen LogP) is 4.41. The van der Waals surface area contributed by atoms with Crippen molar-refractivity contribution < 1.29 is 4.74 Å². The summed E-state index contributed by atoms with van der Waals surface area (Å²) < 4.78 is 7.56. The van der Waals surface area contributed by atoms with E-state index in [1.807, 2.05) is 6.07 Å². The van der Waals surface area contributed by atoms with Gasteiger partial charge in [-0.15, -0.1) is 22.9 Å². The first kappa shape index (κ1) is 10.3. The highest BCUT2D eigenvalue weighted by molar-refractivity contribution is 9.11. The van der Waals surface area contributed by atoms with Crippen LogP contribution in [0.25, 0.3) is 10.1 Å². The van der Waals surface area contributed by atoms with Crippen molar-refractivity contribution in [3.8, 4) is 5.75 Å². The number of halogens is 2. The van der Waals surface area contributed by atoms with Gasteiger partial charge >= 0.3 is 0 Å². The Bertz CT molecular complexity index is 466. The molecule has 0 N–H and O–H groups in total. The lowest BCUT2D eigenvalue weighted by Crippen LogP contribution is -1.82. The predicted molar refractivity (Wildman–Crippen MR) is 65.6 cm³/mol. The molecule has 74 valence electrons. The Morgan fingerprint density at radius 1 is 1.50 bits per heavy atom. The minimum atomic E-state index is 0.534. The van der Waals surface area contributed by atoms with Gasteiger partial charge in [0.25, 0.3) is 0 Å². The molecule has 1 aromatic carbocycles. The normalized spacial score (nSPS) is 10.8. The van der Waals surface area contributed by atoms with E-state index in [1.165, 1.54) is 4.70 Å². The standard InChI is InChI=1S/C10H8BrClOS/c1-13-9-7-4-6(5-12)2-3-8(7)14-10(9)11/h2-4H,5H2,1H3. The van der Waals surface area contributed by atoms with Gasteiger partial charge in [-0.05, 0) is 33.6 Å². The monoisotopic (exact) mass is 290 g/mol. The van der Waals surface area contributed by atoms with Crippen LogP contribution in [0.2, 0.25) is 0 Å². The zero-order valence-corrected chi connectivity index (χ0v) is 10.7. The molecule has 2 rings (SSSR count). The molecule has 0 saturated heterocycles. The van der Waals surface area contributed by atoms with Crippen LogP contribution in [0, 0.1) is 0 Å². The van der Waals surface area contributed by atoms with Crippen LogP contribution in [0.3, 0.4) is 0 Å². The SMILES string of the molecule is COc1c(Br)sc2ccc(CCl)cc12. The van der Waals surface area contributed by atoms with Gasteiger partial charge in [0, 0.05) is 16.0 Å². The van der Waals surface area contributed by atoms with Gasteiger partial charge in [0.1, 0.15) is 3.79 Å². The third-order valence-corrected chi connectivity index (χ3v) is 4.12. The summed E-state index contributed by atoms with van der Waals surface area (Å²) in [5.74, 6) is 1.43. The zero-order valence-electron chi connectivity index (χ0n) is 7.51. The van der Waals surface area contributed by atoms with Crippen LogP contribution in [0.5, 0.6) is 5.75 Å². The summed E-state index contributed by atoms with van der Waals surface area (Å²) >= 11 is 10.9. The van der Waals surface area contributed by atoms with Gasteiger partial charge < -0.3 is 4.74 Å². The molecular weight excluding hydrogens is 284 g/mol. The molecule has 1 heterocycles. The van der Waals surface area contributed by atoms with Crippen molar-refractivity contribution in [1.82, 2.24) is 0 Å². The van der Waals surface area contributed by atoms with E-state index in [9.17, 15) is 0 Å². The molecule has 0 spiro atoms. The Morgan fingerprint density at radius 2 is 2.29 bits per heavy atom. The maximum atomic E-state index is 5.78. The van der Waals surface area contributed by atoms with Crippen LogP contribution >= 0.6 is 38.9 Å². The molecular formula is C10H8BrClOS. The van der Waals surface area contributed by atoms with E-state index in [4.69, 9.17) is 16.3 Å². The Kier molecular flexibility index (Phi) is 3.00. The minimum Gasteiger partial charge on any atom is -0.494 e. The summed E-state index contributed by atoms with van der Waals surface area (Å²) in [6.07, 6.45) is 0. The second-order valence-electron chi connectivity index (χ2n) is 2.87. The zero-order chi connectivity index (χ0) is 10.1. The van der Waals surface area contributed by atoms with Gasteiger partial charge in [-0.3, -0.25) is 0 Å². The third kappa shape index (κ3) is 1.64. The van der Waals surface area contributed by atoms with Crippen LogP contribution < -0.4 is 4.74 Å². The number of rotatable bonds is 2. The molecule has 14 heavy (non-hydrogen) atoms. The lowest BCUT2D eigenvalue weighted by molar-refractivity contribution is 0.419. The number of hydrogen-bond acceptors (Lipinski definition) is 2. The summed E-state index contributed by atoms with van der Waals surface area (Å²) in [6, 6.07) is 6.19. The number of methoxy groups -OCH3 is 1. The lowest BCUT2D eigenvalue weighted by Gasteiger charge is -1.99. The fourth-order valence-corrected chi connectivity index (χ4v) is 3.31. The van der Waals surface area contributed by atoms with E-state index in [0.717, 1.165) is 20.5 Å². The first-order valence-corrected chi connectivity index (χ1v) is 6.21. The van der Waals surface area contributed by atoms with Gasteiger partial charge in [-0.1, -0.05) is 6.07 Å². The molecule has 0 amide bonds. The van der Waals surface area contributed by atoms with Gasteiger partial charge in [-0.2, -0.15) is 0 Å². The van der Waals surface area contributed by atoms with Crippen LogP contribution in [0.15, 0.2) is 22.0 Å². The maximum absolute atomic E-state index is 5.78. The number of benzene rings is 1. The Morgan fingerprint density at radius 3 is 2.93 bits per heavy atom. The third-order valence-electron chi connectivity index (χ3n) is 2.03. The van der Waals surface area contributed by atoms with Gasteiger partial charge in [0.05, 0.1) is 7.11 Å². The molecule has 0 aliphatic carbocycles. The number of alkyl halides is 1. The van der Waals surface area contributed by atoms with Crippen molar-refractivity contribution >= 4 is 49.0 Å². The van der Waals surface area contributed by atoms with E-state index < -0.39 is 0 Å². The summed E-state index contributed by atoms with van der Waals surface area (Å²) in [4.78, 5) is 0. The molecule has 0 fully saturated rings. The van der Waals surface area contributed by atoms with E-state index in [2.05, 4.69) is 28.1 Å². The Hall–Kier alpha value is -0.250. The molecule has 1 aromatic heterocycles. The molecule has 1 nitrogen and oxygen atoms in total. The first-order chi connectivity index (χ1) is 6.76. The highest BCUT2D eigenvalue weighted by Gasteiger charge is 2.10. The van der Waals surface area contributed by atoms with Crippen molar-refractivity contribution in [3.05, 3.63) is 27.5 Å². The van der Waals surface area contributed by atoms with Crippen LogP contribution in [-0.2, 0) is 5.88 Å². The van der Waals surface area contributed by atoms with Crippen LogP contribution in [0.1, 0.15) is 5.56 Å². The number of fused-ring (bicyclic) bond motifs is 1. The smallest absolute Gasteiger partial charge is 0.151 e.